The molecule has 166 valence electrons. The Balaban J connectivity index is 1.66. The molecule has 1 amide bonds. The molecule has 10 heteroatoms. The van der Waals surface area contributed by atoms with Crippen LogP contribution in [0.2, 0.25) is 0 Å². The molecule has 2 heterocycles. The fourth-order valence-corrected chi connectivity index (χ4v) is 5.85. The van der Waals surface area contributed by atoms with Crippen LogP contribution in [0.25, 0.3) is 0 Å². The van der Waals surface area contributed by atoms with Gasteiger partial charge in [-0.05, 0) is 38.7 Å². The van der Waals surface area contributed by atoms with Crippen LogP contribution in [-0.2, 0) is 19.6 Å². The molecular weight excluding hydrogens is 410 g/mol. The second-order valence-electron chi connectivity index (χ2n) is 7.99. The van der Waals surface area contributed by atoms with Gasteiger partial charge in [-0.2, -0.15) is 4.31 Å². The molecule has 9 nitrogen and oxygen atoms in total. The predicted molar refractivity (Wildman–Crippen MR) is 110 cm³/mol. The Hall–Kier alpha value is -2.04. The number of carbonyl (C=O) groups is 1. The number of carbonyl (C=O) groups excluding carboxylic acids is 1. The van der Waals surface area contributed by atoms with E-state index >= 15 is 0 Å². The zero-order chi connectivity index (χ0) is 21.9. The maximum Gasteiger partial charge on any atom is 0.270 e. The molecule has 2 aliphatic rings. The van der Waals surface area contributed by atoms with Gasteiger partial charge in [0.05, 0.1) is 16.4 Å². The van der Waals surface area contributed by atoms with E-state index in [0.29, 0.717) is 44.0 Å². The fraction of sp³-hybridized carbons (Fsp3) is 0.650. The van der Waals surface area contributed by atoms with E-state index in [1.54, 1.807) is 6.92 Å². The highest BCUT2D eigenvalue weighted by atomic mass is 32.2. The average Bonchev–Trinajstić information content (AvgIpc) is 3.25. The van der Waals surface area contributed by atoms with Crippen molar-refractivity contribution in [3.05, 3.63) is 33.9 Å². The number of amides is 1. The van der Waals surface area contributed by atoms with Crippen molar-refractivity contribution in [1.82, 2.24) is 9.21 Å². The first kappa shape index (κ1) is 22.6. The molecule has 2 aliphatic heterocycles. The molecule has 1 aromatic rings. The summed E-state index contributed by atoms with van der Waals surface area (Å²) >= 11 is 0. The molecule has 1 unspecified atom stereocenters. The highest BCUT2D eigenvalue weighted by Crippen LogP contribution is 2.29. The van der Waals surface area contributed by atoms with Crippen LogP contribution in [0.5, 0.6) is 0 Å². The van der Waals surface area contributed by atoms with Crippen molar-refractivity contribution < 1.29 is 22.9 Å². The number of hydrogen-bond acceptors (Lipinski definition) is 6. The minimum Gasteiger partial charge on any atom is -0.381 e. The lowest BCUT2D eigenvalue weighted by molar-refractivity contribution is -0.385. The van der Waals surface area contributed by atoms with Crippen LogP contribution in [-0.4, -0.2) is 67.8 Å². The third kappa shape index (κ3) is 4.81. The van der Waals surface area contributed by atoms with Gasteiger partial charge in [-0.1, -0.05) is 6.07 Å². The summed E-state index contributed by atoms with van der Waals surface area (Å²) in [5.41, 5.74) is 0.216. The molecule has 0 radical (unpaired) electrons. The fourth-order valence-electron chi connectivity index (χ4n) is 4.13. The molecule has 0 spiro atoms. The molecule has 0 aliphatic carbocycles. The number of ether oxygens (including phenoxy) is 1. The first-order chi connectivity index (χ1) is 14.2. The Bertz CT molecular complexity index is 890. The van der Waals surface area contributed by atoms with Crippen molar-refractivity contribution in [1.29, 1.82) is 0 Å². The number of rotatable bonds is 7. The van der Waals surface area contributed by atoms with E-state index in [2.05, 4.69) is 0 Å². The molecule has 0 bridgehead atoms. The highest BCUT2D eigenvalue weighted by Gasteiger charge is 2.35. The van der Waals surface area contributed by atoms with Gasteiger partial charge in [-0.15, -0.1) is 0 Å². The number of nitrogens with zero attached hydrogens (tertiary/aromatic N) is 3. The molecule has 2 saturated heterocycles. The lowest BCUT2D eigenvalue weighted by Crippen LogP contribution is -2.45. The van der Waals surface area contributed by atoms with Crippen molar-refractivity contribution in [3.63, 3.8) is 0 Å². The van der Waals surface area contributed by atoms with Crippen LogP contribution >= 0.6 is 0 Å². The zero-order valence-electron chi connectivity index (χ0n) is 17.5. The molecular formula is C20H29N3O6S. The third-order valence-corrected chi connectivity index (χ3v) is 8.04. The van der Waals surface area contributed by atoms with Crippen LogP contribution < -0.4 is 0 Å². The summed E-state index contributed by atoms with van der Waals surface area (Å²) in [6, 6.07) is 3.87. The summed E-state index contributed by atoms with van der Waals surface area (Å²) in [5.74, 6) is 0.240. The van der Waals surface area contributed by atoms with Crippen molar-refractivity contribution >= 4 is 21.6 Å². The lowest BCUT2D eigenvalue weighted by atomic mass is 9.96. The quantitative estimate of drug-likeness (QED) is 0.476. The third-order valence-electron chi connectivity index (χ3n) is 6.00. The van der Waals surface area contributed by atoms with Gasteiger partial charge in [-0.25, -0.2) is 8.42 Å². The number of nitro benzene ring substituents is 1. The maximum atomic E-state index is 13.1. The summed E-state index contributed by atoms with van der Waals surface area (Å²) in [7, 11) is -3.85. The van der Waals surface area contributed by atoms with E-state index in [0.717, 1.165) is 19.1 Å². The number of piperidine rings is 1. The number of benzene rings is 1. The second-order valence-corrected chi connectivity index (χ2v) is 9.90. The summed E-state index contributed by atoms with van der Waals surface area (Å²) in [6.07, 6.45) is 1.86. The van der Waals surface area contributed by atoms with Crippen molar-refractivity contribution in [2.75, 3.05) is 39.4 Å². The van der Waals surface area contributed by atoms with E-state index in [1.165, 1.54) is 16.4 Å². The largest absolute Gasteiger partial charge is 0.381 e. The Kier molecular flexibility index (Phi) is 7.10. The minimum absolute atomic E-state index is 0.0436. The molecule has 0 aromatic heterocycles. The average molecular weight is 440 g/mol. The molecule has 1 atom stereocenters. The number of sulfonamides is 1. The van der Waals surface area contributed by atoms with Crippen LogP contribution in [0.3, 0.4) is 0 Å². The monoisotopic (exact) mass is 439 g/mol. The first-order valence-electron chi connectivity index (χ1n) is 10.4. The van der Waals surface area contributed by atoms with E-state index in [1.807, 2.05) is 11.8 Å². The maximum absolute atomic E-state index is 13.1. The summed E-state index contributed by atoms with van der Waals surface area (Å²) in [4.78, 5) is 25.2. The number of hydrogen-bond donors (Lipinski definition) is 0. The second kappa shape index (κ2) is 9.40. The van der Waals surface area contributed by atoms with E-state index in [-0.39, 0.29) is 35.5 Å². The van der Waals surface area contributed by atoms with Crippen LogP contribution in [0, 0.1) is 28.9 Å². The molecule has 2 fully saturated rings. The molecule has 30 heavy (non-hydrogen) atoms. The summed E-state index contributed by atoms with van der Waals surface area (Å²) < 4.78 is 32.9. The zero-order valence-corrected chi connectivity index (χ0v) is 18.3. The van der Waals surface area contributed by atoms with Gasteiger partial charge >= 0.3 is 0 Å². The van der Waals surface area contributed by atoms with Crippen molar-refractivity contribution in [2.24, 2.45) is 11.8 Å². The number of non-ortho nitro benzene ring substituents is 1. The Morgan fingerprint density at radius 2 is 2.00 bits per heavy atom. The normalized spacial score (nSPS) is 20.9. The molecule has 0 saturated carbocycles. The van der Waals surface area contributed by atoms with E-state index in [9.17, 15) is 23.3 Å². The Labute approximate surface area is 177 Å². The predicted octanol–water partition coefficient (Wildman–Crippen LogP) is 2.19. The Morgan fingerprint density at radius 3 is 2.57 bits per heavy atom. The van der Waals surface area contributed by atoms with Crippen molar-refractivity contribution in [2.45, 2.75) is 38.0 Å². The van der Waals surface area contributed by atoms with Gasteiger partial charge in [0.15, 0.2) is 0 Å². The van der Waals surface area contributed by atoms with Gasteiger partial charge in [0.1, 0.15) is 0 Å². The SMILES string of the molecule is CCN(CC1CCOC1)C(=O)C1CCN(S(=O)(=O)c2cc([N+](=O)[O-])ccc2C)CC1. The lowest BCUT2D eigenvalue weighted by Gasteiger charge is -2.34. The minimum atomic E-state index is -3.85. The summed E-state index contributed by atoms with van der Waals surface area (Å²) in [6.45, 7) is 6.77. The molecule has 1 aromatic carbocycles. The van der Waals surface area contributed by atoms with Crippen LogP contribution in [0.4, 0.5) is 5.69 Å². The van der Waals surface area contributed by atoms with Crippen LogP contribution in [0.1, 0.15) is 31.7 Å². The molecule has 3 rings (SSSR count). The standard InChI is InChI=1S/C20H29N3O6S/c1-3-21(13-16-8-11-29-14-16)20(24)17-6-9-22(10-7-17)30(27,28)19-12-18(23(25)26)5-4-15(19)2/h4-5,12,16-17H,3,6-11,13-14H2,1-2H3. The summed E-state index contributed by atoms with van der Waals surface area (Å²) in [5, 5.41) is 11.0. The van der Waals surface area contributed by atoms with Crippen molar-refractivity contribution in [3.8, 4) is 0 Å². The van der Waals surface area contributed by atoms with Crippen LogP contribution in [0.15, 0.2) is 23.1 Å². The molecule has 0 N–H and O–H groups in total. The van der Waals surface area contributed by atoms with E-state index in [4.69, 9.17) is 4.74 Å². The first-order valence-corrected chi connectivity index (χ1v) is 11.8. The Morgan fingerprint density at radius 1 is 1.30 bits per heavy atom. The topological polar surface area (TPSA) is 110 Å². The van der Waals surface area contributed by atoms with Gasteiger partial charge < -0.3 is 9.64 Å². The number of aryl methyl sites for hydroxylation is 1. The van der Waals surface area contributed by atoms with Gasteiger partial charge in [-0.3, -0.25) is 14.9 Å². The smallest absolute Gasteiger partial charge is 0.270 e. The highest BCUT2D eigenvalue weighted by molar-refractivity contribution is 7.89. The van der Waals surface area contributed by atoms with Gasteiger partial charge in [0.2, 0.25) is 15.9 Å². The number of nitro groups is 1. The van der Waals surface area contributed by atoms with E-state index < -0.39 is 14.9 Å². The van der Waals surface area contributed by atoms with Gasteiger partial charge in [0, 0.05) is 56.8 Å². The van der Waals surface area contributed by atoms with Gasteiger partial charge in [0.25, 0.3) is 5.69 Å².